The van der Waals surface area contributed by atoms with Crippen molar-refractivity contribution in [1.82, 2.24) is 14.3 Å². The number of aliphatic hydroxyl groups excluding tert-OH is 1. The largest absolute Gasteiger partial charge is 0.395 e. The molecule has 2 rings (SSSR count). The zero-order chi connectivity index (χ0) is 13.0. The van der Waals surface area contributed by atoms with Crippen LogP contribution in [0.2, 0.25) is 0 Å². The Balaban J connectivity index is 2.17. The maximum Gasteiger partial charge on any atom is 0.139 e. The summed E-state index contributed by atoms with van der Waals surface area (Å²) in [7, 11) is 0. The van der Waals surface area contributed by atoms with E-state index in [9.17, 15) is 0 Å². The highest BCUT2D eigenvalue weighted by atomic mass is 16.3. The van der Waals surface area contributed by atoms with E-state index in [1.54, 1.807) is 0 Å². The summed E-state index contributed by atoms with van der Waals surface area (Å²) in [6.07, 6.45) is 5.18. The number of fused-ring (bicyclic) bond motifs is 1. The maximum absolute atomic E-state index is 9.06. The van der Waals surface area contributed by atoms with Gasteiger partial charge in [0.2, 0.25) is 0 Å². The van der Waals surface area contributed by atoms with Crippen molar-refractivity contribution in [3.8, 4) is 0 Å². The van der Waals surface area contributed by atoms with Gasteiger partial charge < -0.3 is 9.51 Å². The molecule has 0 aliphatic heterocycles. The first-order valence-electron chi connectivity index (χ1n) is 6.51. The number of hydrogen-bond donors (Lipinski definition) is 1. The van der Waals surface area contributed by atoms with Gasteiger partial charge >= 0.3 is 0 Å². The Kier molecular flexibility index (Phi) is 4.33. The zero-order valence-electron chi connectivity index (χ0n) is 11.1. The molecule has 98 valence electrons. The van der Waals surface area contributed by atoms with Crippen LogP contribution in [0, 0.1) is 6.92 Å². The third-order valence-electron chi connectivity index (χ3n) is 3.07. The van der Waals surface area contributed by atoms with E-state index in [0.29, 0.717) is 6.54 Å². The third kappa shape index (κ3) is 2.89. The molecule has 1 N–H and O–H groups in total. The number of aryl methyl sites for hydroxylation is 1. The van der Waals surface area contributed by atoms with Crippen LogP contribution in [0.5, 0.6) is 0 Å². The van der Waals surface area contributed by atoms with Crippen molar-refractivity contribution in [2.75, 3.05) is 19.7 Å². The van der Waals surface area contributed by atoms with Crippen LogP contribution in [0.15, 0.2) is 24.5 Å². The fourth-order valence-corrected chi connectivity index (χ4v) is 2.24. The molecule has 2 aromatic heterocycles. The van der Waals surface area contributed by atoms with Crippen molar-refractivity contribution in [2.24, 2.45) is 0 Å². The lowest BCUT2D eigenvalue weighted by atomic mass is 10.3. The Morgan fingerprint density at radius 2 is 2.22 bits per heavy atom. The van der Waals surface area contributed by atoms with Crippen molar-refractivity contribution >= 4 is 5.65 Å². The zero-order valence-corrected chi connectivity index (χ0v) is 11.1. The quantitative estimate of drug-likeness (QED) is 0.847. The summed E-state index contributed by atoms with van der Waals surface area (Å²) < 4.78 is 2.06. The van der Waals surface area contributed by atoms with Gasteiger partial charge in [0.25, 0.3) is 0 Å². The van der Waals surface area contributed by atoms with Crippen LogP contribution in [0.1, 0.15) is 24.6 Å². The van der Waals surface area contributed by atoms with Gasteiger partial charge in [0.15, 0.2) is 0 Å². The molecular formula is C14H21N3O. The molecule has 0 amide bonds. The number of rotatable bonds is 6. The molecule has 0 aromatic carbocycles. The Morgan fingerprint density at radius 1 is 1.39 bits per heavy atom. The number of hydrogen-bond acceptors (Lipinski definition) is 3. The van der Waals surface area contributed by atoms with E-state index in [1.165, 1.54) is 5.56 Å². The number of nitrogens with zero attached hydrogens (tertiary/aromatic N) is 3. The SMILES string of the molecule is CCCN(CCO)Cc1cn2cccc(C)c2n1. The minimum absolute atomic E-state index is 0.201. The van der Waals surface area contributed by atoms with Gasteiger partial charge in [0, 0.05) is 25.5 Å². The molecule has 0 aliphatic rings. The third-order valence-corrected chi connectivity index (χ3v) is 3.07. The average Bonchev–Trinajstić information content (AvgIpc) is 2.74. The molecule has 0 saturated heterocycles. The van der Waals surface area contributed by atoms with Crippen molar-refractivity contribution in [3.05, 3.63) is 35.8 Å². The molecule has 0 fully saturated rings. The topological polar surface area (TPSA) is 40.8 Å². The Hall–Kier alpha value is -1.39. The van der Waals surface area contributed by atoms with Gasteiger partial charge in [-0.1, -0.05) is 13.0 Å². The summed E-state index contributed by atoms with van der Waals surface area (Å²) in [5.74, 6) is 0. The minimum atomic E-state index is 0.201. The normalized spacial score (nSPS) is 11.6. The lowest BCUT2D eigenvalue weighted by molar-refractivity contribution is 0.189. The molecule has 0 bridgehead atoms. The van der Waals surface area contributed by atoms with E-state index in [0.717, 1.165) is 30.9 Å². The molecule has 18 heavy (non-hydrogen) atoms. The van der Waals surface area contributed by atoms with Crippen molar-refractivity contribution in [3.63, 3.8) is 0 Å². The molecule has 0 spiro atoms. The van der Waals surface area contributed by atoms with Gasteiger partial charge in [-0.2, -0.15) is 0 Å². The highest BCUT2D eigenvalue weighted by Gasteiger charge is 2.08. The molecule has 2 aromatic rings. The molecule has 4 nitrogen and oxygen atoms in total. The van der Waals surface area contributed by atoms with E-state index >= 15 is 0 Å². The Labute approximate surface area is 108 Å². The molecule has 2 heterocycles. The molecule has 0 saturated carbocycles. The monoisotopic (exact) mass is 247 g/mol. The van der Waals surface area contributed by atoms with Crippen molar-refractivity contribution in [1.29, 1.82) is 0 Å². The lowest BCUT2D eigenvalue weighted by Crippen LogP contribution is -2.27. The Bertz CT molecular complexity index is 501. The fraction of sp³-hybridized carbons (Fsp3) is 0.500. The fourth-order valence-electron chi connectivity index (χ4n) is 2.24. The predicted molar refractivity (Wildman–Crippen MR) is 72.6 cm³/mol. The van der Waals surface area contributed by atoms with Crippen LogP contribution in [0.25, 0.3) is 5.65 Å². The van der Waals surface area contributed by atoms with Crippen LogP contribution < -0.4 is 0 Å². The summed E-state index contributed by atoms with van der Waals surface area (Å²) in [5.41, 5.74) is 3.27. The maximum atomic E-state index is 9.06. The number of aromatic nitrogens is 2. The summed E-state index contributed by atoms with van der Waals surface area (Å²) in [5, 5.41) is 9.06. The smallest absolute Gasteiger partial charge is 0.139 e. The first-order chi connectivity index (χ1) is 8.74. The number of imidazole rings is 1. The second kappa shape index (κ2) is 5.98. The van der Waals surface area contributed by atoms with E-state index in [-0.39, 0.29) is 6.61 Å². The van der Waals surface area contributed by atoms with Gasteiger partial charge in [0.05, 0.1) is 12.3 Å². The molecule has 0 atom stereocenters. The van der Waals surface area contributed by atoms with Gasteiger partial charge in [-0.3, -0.25) is 4.90 Å². The van der Waals surface area contributed by atoms with Gasteiger partial charge in [-0.05, 0) is 31.5 Å². The standard InChI is InChI=1S/C14H21N3O/c1-3-6-16(8-9-18)10-13-11-17-7-4-5-12(2)14(17)15-13/h4-5,7,11,18H,3,6,8-10H2,1-2H3. The summed E-state index contributed by atoms with van der Waals surface area (Å²) in [4.78, 5) is 6.89. The molecule has 4 heteroatoms. The van der Waals surface area contributed by atoms with Crippen molar-refractivity contribution in [2.45, 2.75) is 26.8 Å². The van der Waals surface area contributed by atoms with Crippen molar-refractivity contribution < 1.29 is 5.11 Å². The van der Waals surface area contributed by atoms with Crippen LogP contribution in [-0.4, -0.2) is 39.1 Å². The van der Waals surface area contributed by atoms with Gasteiger partial charge in [0.1, 0.15) is 5.65 Å². The van der Waals surface area contributed by atoms with E-state index in [4.69, 9.17) is 5.11 Å². The van der Waals surface area contributed by atoms with Crippen LogP contribution in [0.4, 0.5) is 0 Å². The molecule has 0 unspecified atom stereocenters. The summed E-state index contributed by atoms with van der Waals surface area (Å²) in [6, 6.07) is 4.11. The highest BCUT2D eigenvalue weighted by molar-refractivity contribution is 5.47. The summed E-state index contributed by atoms with van der Waals surface area (Å²) >= 11 is 0. The van der Waals surface area contributed by atoms with Gasteiger partial charge in [-0.15, -0.1) is 0 Å². The van der Waals surface area contributed by atoms with E-state index in [2.05, 4.69) is 40.4 Å². The first-order valence-corrected chi connectivity index (χ1v) is 6.51. The highest BCUT2D eigenvalue weighted by Crippen LogP contribution is 2.11. The Morgan fingerprint density at radius 3 is 2.89 bits per heavy atom. The molecule has 0 radical (unpaired) electrons. The van der Waals surface area contributed by atoms with Crippen LogP contribution >= 0.6 is 0 Å². The minimum Gasteiger partial charge on any atom is -0.395 e. The first kappa shape index (κ1) is 13.1. The average molecular weight is 247 g/mol. The molecule has 0 aliphatic carbocycles. The lowest BCUT2D eigenvalue weighted by Gasteiger charge is -2.18. The van der Waals surface area contributed by atoms with Crippen LogP contribution in [-0.2, 0) is 6.54 Å². The van der Waals surface area contributed by atoms with Gasteiger partial charge in [-0.25, -0.2) is 4.98 Å². The number of aliphatic hydroxyl groups is 1. The number of pyridine rings is 1. The van der Waals surface area contributed by atoms with E-state index in [1.807, 2.05) is 12.3 Å². The molecular weight excluding hydrogens is 226 g/mol. The summed E-state index contributed by atoms with van der Waals surface area (Å²) in [6.45, 7) is 6.93. The van der Waals surface area contributed by atoms with Crippen LogP contribution in [0.3, 0.4) is 0 Å². The predicted octanol–water partition coefficient (Wildman–Crippen LogP) is 1.85. The second-order valence-corrected chi connectivity index (χ2v) is 4.65. The second-order valence-electron chi connectivity index (χ2n) is 4.65. The van der Waals surface area contributed by atoms with E-state index < -0.39 is 0 Å².